The number of carboxylic acids is 1. The average Bonchev–Trinajstić information content (AvgIpc) is 2.83. The van der Waals surface area contributed by atoms with E-state index in [-0.39, 0.29) is 22.0 Å². The molecule has 0 aliphatic heterocycles. The van der Waals surface area contributed by atoms with Gasteiger partial charge in [-0.3, -0.25) is 9.71 Å². The van der Waals surface area contributed by atoms with E-state index in [0.717, 1.165) is 0 Å². The first-order valence-corrected chi connectivity index (χ1v) is 12.4. The Morgan fingerprint density at radius 1 is 1.09 bits per heavy atom. The molecule has 0 radical (unpaired) electrons. The average molecular weight is 552 g/mol. The van der Waals surface area contributed by atoms with Crippen molar-refractivity contribution in [1.82, 2.24) is 9.97 Å². The summed E-state index contributed by atoms with van der Waals surface area (Å²) in [5.41, 5.74) is 1.75. The molecule has 0 atom stereocenters. The van der Waals surface area contributed by atoms with Crippen LogP contribution in [0.1, 0.15) is 27.2 Å². The summed E-state index contributed by atoms with van der Waals surface area (Å²) in [7, 11) is -2.62. The number of aryl methyl sites for hydroxylation is 1. The normalized spacial score (nSPS) is 10.9. The van der Waals surface area contributed by atoms with Crippen LogP contribution >= 0.6 is 15.9 Å². The van der Waals surface area contributed by atoms with E-state index >= 15 is 0 Å². The summed E-state index contributed by atoms with van der Waals surface area (Å²) in [6.45, 7) is 1.71. The largest absolute Gasteiger partial charge is 0.495 e. The first-order chi connectivity index (χ1) is 16.7. The highest BCUT2D eigenvalue weighted by molar-refractivity contribution is 9.10. The SMILES string of the molecule is COc1cc(C(=O)O)ncc1C#Cc1cc(Br)ccc1NS(=O)(=O)c1c(C)ccc2cccnc12. The van der Waals surface area contributed by atoms with Crippen LogP contribution in [0.4, 0.5) is 5.69 Å². The van der Waals surface area contributed by atoms with Crippen molar-refractivity contribution in [2.75, 3.05) is 11.8 Å². The van der Waals surface area contributed by atoms with Gasteiger partial charge in [0.1, 0.15) is 10.6 Å². The van der Waals surface area contributed by atoms with Crippen molar-refractivity contribution in [1.29, 1.82) is 0 Å². The fourth-order valence-corrected chi connectivity index (χ4v) is 5.26. The minimum atomic E-state index is -4.01. The van der Waals surface area contributed by atoms with E-state index < -0.39 is 16.0 Å². The number of nitrogens with one attached hydrogen (secondary N) is 1. The van der Waals surface area contributed by atoms with Crippen LogP contribution in [0, 0.1) is 18.8 Å². The molecule has 0 saturated heterocycles. The summed E-state index contributed by atoms with van der Waals surface area (Å²) in [6.07, 6.45) is 2.84. The number of aromatic nitrogens is 2. The molecule has 0 unspecified atom stereocenters. The highest BCUT2D eigenvalue weighted by atomic mass is 79.9. The van der Waals surface area contributed by atoms with Crippen LogP contribution in [0.15, 0.2) is 70.3 Å². The van der Waals surface area contributed by atoms with Crippen LogP contribution in [0.2, 0.25) is 0 Å². The van der Waals surface area contributed by atoms with Gasteiger partial charge in [-0.25, -0.2) is 18.2 Å². The Morgan fingerprint density at radius 2 is 1.86 bits per heavy atom. The standard InChI is InChI=1S/C25H18BrN3O5S/c1-15-5-6-16-4-3-11-27-23(16)24(15)35(32,33)29-20-10-9-19(26)12-17(20)7-8-18-14-28-21(25(30)31)13-22(18)34-2/h3-6,9-14,29H,1-2H3,(H,30,31). The number of sulfonamides is 1. The van der Waals surface area contributed by atoms with E-state index in [2.05, 4.69) is 42.5 Å². The fraction of sp³-hybridized carbons (Fsp3) is 0.0800. The van der Waals surface area contributed by atoms with Crippen molar-refractivity contribution in [2.45, 2.75) is 11.8 Å². The zero-order chi connectivity index (χ0) is 25.2. The van der Waals surface area contributed by atoms with Crippen LogP contribution < -0.4 is 9.46 Å². The molecule has 0 fully saturated rings. The summed E-state index contributed by atoms with van der Waals surface area (Å²) >= 11 is 3.39. The molecule has 0 bridgehead atoms. The van der Waals surface area contributed by atoms with Crippen molar-refractivity contribution in [3.63, 3.8) is 0 Å². The maximum atomic E-state index is 13.5. The predicted molar refractivity (Wildman–Crippen MR) is 135 cm³/mol. The molecule has 2 aromatic carbocycles. The van der Waals surface area contributed by atoms with Gasteiger partial charge in [0, 0.05) is 28.3 Å². The number of hydrogen-bond donors (Lipinski definition) is 2. The number of anilines is 1. The van der Waals surface area contributed by atoms with Gasteiger partial charge in [0.15, 0.2) is 5.69 Å². The molecule has 2 N–H and O–H groups in total. The molecule has 0 amide bonds. The van der Waals surface area contributed by atoms with Crippen LogP contribution in [0.25, 0.3) is 10.9 Å². The second-order valence-corrected chi connectivity index (χ2v) is 9.94. The monoisotopic (exact) mass is 551 g/mol. The molecule has 2 aromatic heterocycles. The molecule has 0 saturated carbocycles. The topological polar surface area (TPSA) is 118 Å². The molecular formula is C25H18BrN3O5S. The Bertz CT molecular complexity index is 1640. The van der Waals surface area contributed by atoms with Gasteiger partial charge < -0.3 is 9.84 Å². The summed E-state index contributed by atoms with van der Waals surface area (Å²) in [4.78, 5) is 19.4. The van der Waals surface area contributed by atoms with E-state index in [1.165, 1.54) is 19.4 Å². The molecule has 2 heterocycles. The van der Waals surface area contributed by atoms with Crippen LogP contribution in [0.5, 0.6) is 5.75 Å². The third kappa shape index (κ3) is 5.11. The third-order valence-corrected chi connectivity index (χ3v) is 7.09. The van der Waals surface area contributed by atoms with E-state index in [4.69, 9.17) is 9.84 Å². The van der Waals surface area contributed by atoms with Crippen molar-refractivity contribution in [3.05, 3.63) is 87.8 Å². The molecule has 10 heteroatoms. The summed E-state index contributed by atoms with van der Waals surface area (Å²) < 4.78 is 35.5. The van der Waals surface area contributed by atoms with E-state index in [1.807, 2.05) is 6.07 Å². The number of rotatable bonds is 5. The zero-order valence-corrected chi connectivity index (χ0v) is 20.9. The van der Waals surface area contributed by atoms with E-state index in [1.54, 1.807) is 49.5 Å². The smallest absolute Gasteiger partial charge is 0.354 e. The Morgan fingerprint density at radius 3 is 2.60 bits per heavy atom. The summed E-state index contributed by atoms with van der Waals surface area (Å²) in [5, 5.41) is 9.84. The second kappa shape index (κ2) is 9.74. The van der Waals surface area contributed by atoms with Gasteiger partial charge in [-0.1, -0.05) is 46.0 Å². The summed E-state index contributed by atoms with van der Waals surface area (Å²) in [5.74, 6) is 4.86. The Balaban J connectivity index is 1.77. The van der Waals surface area contributed by atoms with Gasteiger partial charge in [-0.15, -0.1) is 0 Å². The van der Waals surface area contributed by atoms with Crippen LogP contribution in [-0.2, 0) is 10.0 Å². The number of nitrogens with zero attached hydrogens (tertiary/aromatic N) is 2. The first-order valence-electron chi connectivity index (χ1n) is 10.2. The lowest BCUT2D eigenvalue weighted by Crippen LogP contribution is -2.16. The molecule has 8 nitrogen and oxygen atoms in total. The molecule has 4 rings (SSSR count). The lowest BCUT2D eigenvalue weighted by molar-refractivity contribution is 0.0690. The third-order valence-electron chi connectivity index (χ3n) is 5.06. The quantitative estimate of drug-likeness (QED) is 0.347. The second-order valence-electron chi connectivity index (χ2n) is 7.41. The number of benzene rings is 2. The minimum absolute atomic E-state index is 0.0903. The molecular weight excluding hydrogens is 534 g/mol. The van der Waals surface area contributed by atoms with E-state index in [0.29, 0.717) is 32.1 Å². The van der Waals surface area contributed by atoms with Gasteiger partial charge in [0.2, 0.25) is 0 Å². The number of ether oxygens (including phenoxy) is 1. The number of carbonyl (C=O) groups is 1. The van der Waals surface area contributed by atoms with Gasteiger partial charge in [0.05, 0.1) is 29.4 Å². The molecule has 0 spiro atoms. The van der Waals surface area contributed by atoms with Gasteiger partial charge >= 0.3 is 5.97 Å². The summed E-state index contributed by atoms with van der Waals surface area (Å²) in [6, 6.07) is 13.3. The predicted octanol–water partition coefficient (Wildman–Crippen LogP) is 4.61. The molecule has 35 heavy (non-hydrogen) atoms. The maximum Gasteiger partial charge on any atom is 0.354 e. The number of halogens is 1. The van der Waals surface area contributed by atoms with Crippen molar-refractivity contribution >= 4 is 48.5 Å². The Hall–Kier alpha value is -3.94. The highest BCUT2D eigenvalue weighted by Crippen LogP contribution is 2.29. The minimum Gasteiger partial charge on any atom is -0.495 e. The fourth-order valence-electron chi connectivity index (χ4n) is 3.41. The number of aromatic carboxylic acids is 1. The number of pyridine rings is 2. The Labute approximate surface area is 210 Å². The number of fused-ring (bicyclic) bond motifs is 1. The van der Waals surface area contributed by atoms with Gasteiger partial charge in [0.25, 0.3) is 10.0 Å². The van der Waals surface area contributed by atoms with Gasteiger partial charge in [-0.2, -0.15) is 0 Å². The highest BCUT2D eigenvalue weighted by Gasteiger charge is 2.22. The molecule has 4 aromatic rings. The molecule has 176 valence electrons. The zero-order valence-electron chi connectivity index (χ0n) is 18.5. The number of carboxylic acid groups (broad SMARTS) is 1. The van der Waals surface area contributed by atoms with Crippen molar-refractivity contribution in [2.24, 2.45) is 0 Å². The number of methoxy groups -OCH3 is 1. The van der Waals surface area contributed by atoms with Crippen molar-refractivity contribution in [3.8, 4) is 17.6 Å². The van der Waals surface area contributed by atoms with Gasteiger partial charge in [-0.05, 0) is 36.8 Å². The Kier molecular flexibility index (Phi) is 6.73. The van der Waals surface area contributed by atoms with E-state index in [9.17, 15) is 13.2 Å². The number of hydrogen-bond acceptors (Lipinski definition) is 6. The molecule has 0 aliphatic rings. The van der Waals surface area contributed by atoms with Crippen LogP contribution in [0.3, 0.4) is 0 Å². The van der Waals surface area contributed by atoms with Crippen LogP contribution in [-0.4, -0.2) is 36.6 Å². The lowest BCUT2D eigenvalue weighted by atomic mass is 10.1. The van der Waals surface area contributed by atoms with Crippen molar-refractivity contribution < 1.29 is 23.1 Å². The first kappa shape index (κ1) is 24.2. The molecule has 0 aliphatic carbocycles. The maximum absolute atomic E-state index is 13.5. The lowest BCUT2D eigenvalue weighted by Gasteiger charge is -2.14.